The number of hydrogen-bond donors (Lipinski definition) is 1. The molecule has 25 heavy (non-hydrogen) atoms. The maximum atomic E-state index is 11.5. The van der Waals surface area contributed by atoms with Gasteiger partial charge in [-0.25, -0.2) is 8.42 Å². The Bertz CT molecular complexity index is 1040. The fourth-order valence-electron chi connectivity index (χ4n) is 2.55. The lowest BCUT2D eigenvalue weighted by molar-refractivity contribution is -0.389. The van der Waals surface area contributed by atoms with E-state index < -0.39 is 14.8 Å². The third-order valence-corrected chi connectivity index (χ3v) is 4.97. The molecule has 0 saturated heterocycles. The summed E-state index contributed by atoms with van der Waals surface area (Å²) >= 11 is 0. The minimum absolute atomic E-state index is 0.143. The largest absolute Gasteiger partial charge is 0.372 e. The lowest BCUT2D eigenvalue weighted by Gasteiger charge is -2.14. The van der Waals surface area contributed by atoms with Crippen LogP contribution in [-0.2, 0) is 9.84 Å². The van der Waals surface area contributed by atoms with Gasteiger partial charge in [-0.05, 0) is 35.6 Å². The Kier molecular flexibility index (Phi) is 4.17. The van der Waals surface area contributed by atoms with E-state index in [9.17, 15) is 18.5 Å². The number of pyridine rings is 1. The van der Waals surface area contributed by atoms with E-state index in [-0.39, 0.29) is 22.6 Å². The van der Waals surface area contributed by atoms with E-state index in [0.29, 0.717) is 5.65 Å². The monoisotopic (exact) mass is 360 g/mol. The van der Waals surface area contributed by atoms with Crippen LogP contribution < -0.4 is 5.32 Å². The van der Waals surface area contributed by atoms with Gasteiger partial charge in [-0.3, -0.25) is 0 Å². The van der Waals surface area contributed by atoms with Gasteiger partial charge in [-0.1, -0.05) is 18.2 Å². The summed E-state index contributed by atoms with van der Waals surface area (Å²) in [6, 6.07) is 11.2. The summed E-state index contributed by atoms with van der Waals surface area (Å²) in [4.78, 5) is 15.4. The molecule has 2 aromatic heterocycles. The zero-order chi connectivity index (χ0) is 18.2. The Hall–Kier alpha value is -2.94. The average Bonchev–Trinajstić information content (AvgIpc) is 2.92. The van der Waals surface area contributed by atoms with Gasteiger partial charge in [0.15, 0.2) is 9.84 Å². The van der Waals surface area contributed by atoms with Crippen molar-refractivity contribution in [2.45, 2.75) is 17.9 Å². The molecule has 8 nitrogen and oxygen atoms in total. The molecule has 0 fully saturated rings. The highest BCUT2D eigenvalue weighted by molar-refractivity contribution is 7.90. The van der Waals surface area contributed by atoms with Crippen molar-refractivity contribution in [1.29, 1.82) is 0 Å². The topological polar surface area (TPSA) is 107 Å². The molecule has 9 heteroatoms. The van der Waals surface area contributed by atoms with Crippen LogP contribution in [0.15, 0.2) is 53.6 Å². The summed E-state index contributed by atoms with van der Waals surface area (Å²) in [5.41, 5.74) is 1.26. The number of fused-ring (bicyclic) bond motifs is 1. The molecule has 1 aromatic carbocycles. The standard InChI is InChI=1S/C16H16N4O4S/c1-11(12-6-8-13(9-7-12)25(2,23)24)17-15-16(20(21)22)19-10-4-3-5-14(19)18-15/h3-11,17H,1-2H3/t11-/m1/s1. The second-order valence-corrected chi connectivity index (χ2v) is 7.69. The van der Waals surface area contributed by atoms with Gasteiger partial charge < -0.3 is 15.4 Å². The Morgan fingerprint density at radius 2 is 1.88 bits per heavy atom. The summed E-state index contributed by atoms with van der Waals surface area (Å²) in [6.45, 7) is 1.82. The van der Waals surface area contributed by atoms with Crippen molar-refractivity contribution in [2.75, 3.05) is 11.6 Å². The minimum atomic E-state index is -3.26. The van der Waals surface area contributed by atoms with Gasteiger partial charge in [0, 0.05) is 12.3 Å². The predicted octanol–water partition coefficient (Wildman–Crippen LogP) is 2.82. The number of nitrogens with zero attached hydrogens (tertiary/aromatic N) is 3. The zero-order valence-electron chi connectivity index (χ0n) is 13.6. The maximum Gasteiger partial charge on any atom is 0.372 e. The molecule has 2 heterocycles. The summed E-state index contributed by atoms with van der Waals surface area (Å²) in [7, 11) is -3.26. The van der Waals surface area contributed by atoms with Crippen LogP contribution in [0.3, 0.4) is 0 Å². The fraction of sp³-hybridized carbons (Fsp3) is 0.188. The van der Waals surface area contributed by atoms with Crippen LogP contribution in [0.2, 0.25) is 0 Å². The number of anilines is 1. The second kappa shape index (κ2) is 6.17. The summed E-state index contributed by atoms with van der Waals surface area (Å²) in [6.07, 6.45) is 2.72. The Balaban J connectivity index is 1.93. The number of hydrogen-bond acceptors (Lipinski definition) is 6. The van der Waals surface area contributed by atoms with Gasteiger partial charge in [0.25, 0.3) is 0 Å². The van der Waals surface area contributed by atoms with E-state index in [1.54, 1.807) is 36.5 Å². The zero-order valence-corrected chi connectivity index (χ0v) is 14.4. The van der Waals surface area contributed by atoms with E-state index in [1.807, 2.05) is 6.92 Å². The molecule has 3 aromatic rings. The van der Waals surface area contributed by atoms with Crippen LogP contribution in [-0.4, -0.2) is 29.0 Å². The molecule has 0 radical (unpaired) electrons. The summed E-state index contributed by atoms with van der Waals surface area (Å²) < 4.78 is 24.4. The van der Waals surface area contributed by atoms with Crippen LogP contribution in [0, 0.1) is 10.1 Å². The lowest BCUT2D eigenvalue weighted by Crippen LogP contribution is -2.09. The molecule has 0 bridgehead atoms. The molecule has 1 N–H and O–H groups in total. The van der Waals surface area contributed by atoms with Gasteiger partial charge in [0.1, 0.15) is 0 Å². The molecule has 0 aliphatic rings. The van der Waals surface area contributed by atoms with Crippen molar-refractivity contribution < 1.29 is 13.3 Å². The SMILES string of the molecule is C[C@@H](Nc1nc2ccccn2c1[N+](=O)[O-])c1ccc(S(C)(=O)=O)cc1. The number of aromatic nitrogens is 2. The van der Waals surface area contributed by atoms with E-state index in [2.05, 4.69) is 10.3 Å². The van der Waals surface area contributed by atoms with Crippen LogP contribution in [0.5, 0.6) is 0 Å². The Labute approximate surface area is 144 Å². The maximum absolute atomic E-state index is 11.5. The van der Waals surface area contributed by atoms with Crippen molar-refractivity contribution in [1.82, 2.24) is 9.38 Å². The van der Waals surface area contributed by atoms with Crippen molar-refractivity contribution in [3.05, 3.63) is 64.3 Å². The molecule has 3 rings (SSSR count). The molecule has 0 spiro atoms. The molecule has 130 valence electrons. The van der Waals surface area contributed by atoms with Gasteiger partial charge in [-0.15, -0.1) is 0 Å². The molecular formula is C16H16N4O4S. The van der Waals surface area contributed by atoms with Crippen molar-refractivity contribution in [2.24, 2.45) is 0 Å². The molecule has 0 amide bonds. The van der Waals surface area contributed by atoms with E-state index in [4.69, 9.17) is 0 Å². The fourth-order valence-corrected chi connectivity index (χ4v) is 3.18. The molecule has 1 atom stereocenters. The van der Waals surface area contributed by atoms with Gasteiger partial charge in [0.05, 0.1) is 17.1 Å². The first-order valence-corrected chi connectivity index (χ1v) is 9.34. The predicted molar refractivity (Wildman–Crippen MR) is 93.4 cm³/mol. The minimum Gasteiger partial charge on any atom is -0.358 e. The van der Waals surface area contributed by atoms with Gasteiger partial charge in [-0.2, -0.15) is 9.38 Å². The average molecular weight is 360 g/mol. The molecule has 0 aliphatic carbocycles. The number of benzene rings is 1. The third-order valence-electron chi connectivity index (χ3n) is 3.84. The number of sulfone groups is 1. The quantitative estimate of drug-likeness (QED) is 0.554. The van der Waals surface area contributed by atoms with Crippen molar-refractivity contribution in [3.63, 3.8) is 0 Å². The van der Waals surface area contributed by atoms with Crippen LogP contribution in [0.1, 0.15) is 18.5 Å². The highest BCUT2D eigenvalue weighted by Gasteiger charge is 2.23. The Morgan fingerprint density at radius 3 is 2.48 bits per heavy atom. The van der Waals surface area contributed by atoms with E-state index in [0.717, 1.165) is 11.8 Å². The number of nitrogens with one attached hydrogen (secondary N) is 1. The van der Waals surface area contributed by atoms with E-state index >= 15 is 0 Å². The van der Waals surface area contributed by atoms with Crippen LogP contribution in [0.4, 0.5) is 11.6 Å². The normalized spacial score (nSPS) is 12.9. The number of nitro groups is 1. The van der Waals surface area contributed by atoms with Gasteiger partial charge in [0.2, 0.25) is 11.5 Å². The molecule has 0 saturated carbocycles. The number of rotatable bonds is 5. The first kappa shape index (κ1) is 16.9. The van der Waals surface area contributed by atoms with Crippen molar-refractivity contribution in [3.8, 4) is 0 Å². The highest BCUT2D eigenvalue weighted by Crippen LogP contribution is 2.29. The van der Waals surface area contributed by atoms with Gasteiger partial charge >= 0.3 is 5.82 Å². The third kappa shape index (κ3) is 3.31. The van der Waals surface area contributed by atoms with Crippen LogP contribution in [0.25, 0.3) is 5.65 Å². The Morgan fingerprint density at radius 1 is 1.20 bits per heavy atom. The smallest absolute Gasteiger partial charge is 0.358 e. The highest BCUT2D eigenvalue weighted by atomic mass is 32.2. The first-order chi connectivity index (χ1) is 11.8. The molecule has 0 unspecified atom stereocenters. The summed E-state index contributed by atoms with van der Waals surface area (Å²) in [5, 5.41) is 14.4. The summed E-state index contributed by atoms with van der Waals surface area (Å²) in [5.74, 6) is 0.0195. The number of imidazole rings is 1. The van der Waals surface area contributed by atoms with Crippen LogP contribution >= 0.6 is 0 Å². The molecule has 0 aliphatic heterocycles. The first-order valence-electron chi connectivity index (χ1n) is 7.45. The molecular weight excluding hydrogens is 344 g/mol. The van der Waals surface area contributed by atoms with E-state index in [1.165, 1.54) is 16.5 Å². The second-order valence-electron chi connectivity index (χ2n) is 5.68. The van der Waals surface area contributed by atoms with Crippen molar-refractivity contribution >= 4 is 27.1 Å². The lowest BCUT2D eigenvalue weighted by atomic mass is 10.1.